The van der Waals surface area contributed by atoms with Crippen molar-refractivity contribution in [2.24, 2.45) is 0 Å². The van der Waals surface area contributed by atoms with Gasteiger partial charge < -0.3 is 9.64 Å². The van der Waals surface area contributed by atoms with Gasteiger partial charge in [0.05, 0.1) is 11.5 Å². The fourth-order valence-electron chi connectivity index (χ4n) is 3.35. The van der Waals surface area contributed by atoms with Crippen LogP contribution in [0.25, 0.3) is 0 Å². The fraction of sp³-hybridized carbons (Fsp3) is 0.647. The number of aryl methyl sites for hydroxylation is 2. The van der Waals surface area contributed by atoms with Gasteiger partial charge in [-0.15, -0.1) is 11.3 Å². The second-order valence-electron chi connectivity index (χ2n) is 6.76. The molecule has 138 valence electrons. The number of likely N-dealkylation sites (N-methyl/N-ethyl adjacent to an activating group) is 1. The van der Waals surface area contributed by atoms with Crippen molar-refractivity contribution in [1.82, 2.24) is 4.90 Å². The van der Waals surface area contributed by atoms with E-state index in [9.17, 15) is 18.0 Å². The van der Waals surface area contributed by atoms with Crippen molar-refractivity contribution in [3.8, 4) is 0 Å². The average molecular weight is 386 g/mol. The second-order valence-corrected chi connectivity index (χ2v) is 10.1. The van der Waals surface area contributed by atoms with Crippen molar-refractivity contribution in [2.45, 2.75) is 44.6 Å². The zero-order chi connectivity index (χ0) is 18.0. The molecule has 8 heteroatoms. The van der Waals surface area contributed by atoms with E-state index in [-0.39, 0.29) is 30.1 Å². The van der Waals surface area contributed by atoms with Crippen LogP contribution in [-0.2, 0) is 32.2 Å². The number of thiophene rings is 1. The molecule has 6 nitrogen and oxygen atoms in total. The highest BCUT2D eigenvalue weighted by molar-refractivity contribution is 7.91. The monoisotopic (exact) mass is 385 g/mol. The minimum Gasteiger partial charge on any atom is -0.451 e. The third-order valence-electron chi connectivity index (χ3n) is 4.92. The lowest BCUT2D eigenvalue weighted by Gasteiger charge is -2.23. The lowest BCUT2D eigenvalue weighted by atomic mass is 10.1. The predicted octanol–water partition coefficient (Wildman–Crippen LogP) is 1.82. The number of fused-ring (bicyclic) bond motifs is 1. The lowest BCUT2D eigenvalue weighted by Crippen LogP contribution is -2.40. The van der Waals surface area contributed by atoms with Gasteiger partial charge in [0.1, 0.15) is 4.88 Å². The number of ether oxygens (including phenoxy) is 1. The maximum Gasteiger partial charge on any atom is 0.348 e. The molecule has 3 rings (SSSR count). The third-order valence-corrected chi connectivity index (χ3v) is 7.89. The SMILES string of the molecule is CN(C(=O)COC(=O)c1cc2c(s1)CCCCC2)C1CCS(=O)(=O)C1. The van der Waals surface area contributed by atoms with Gasteiger partial charge in [0.2, 0.25) is 0 Å². The van der Waals surface area contributed by atoms with Crippen LogP contribution in [0.15, 0.2) is 6.07 Å². The zero-order valence-electron chi connectivity index (χ0n) is 14.3. The Labute approximate surface area is 152 Å². The van der Waals surface area contributed by atoms with Gasteiger partial charge in [0.25, 0.3) is 5.91 Å². The van der Waals surface area contributed by atoms with E-state index >= 15 is 0 Å². The van der Waals surface area contributed by atoms with Crippen LogP contribution in [0.3, 0.4) is 0 Å². The molecule has 0 N–H and O–H groups in total. The van der Waals surface area contributed by atoms with E-state index in [1.54, 1.807) is 7.05 Å². The number of carbonyl (C=O) groups excluding carboxylic acids is 2. The molecule has 1 aliphatic heterocycles. The first-order valence-corrected chi connectivity index (χ1v) is 11.2. The number of hydrogen-bond acceptors (Lipinski definition) is 6. The first-order chi connectivity index (χ1) is 11.9. The third kappa shape index (κ3) is 4.41. The van der Waals surface area contributed by atoms with E-state index in [1.807, 2.05) is 6.07 Å². The summed E-state index contributed by atoms with van der Waals surface area (Å²) in [5.74, 6) is -0.746. The number of nitrogens with zero attached hydrogens (tertiary/aromatic N) is 1. The molecule has 1 aliphatic carbocycles. The largest absolute Gasteiger partial charge is 0.451 e. The second kappa shape index (κ2) is 7.45. The molecule has 0 saturated carbocycles. The quantitative estimate of drug-likeness (QED) is 0.583. The Morgan fingerprint density at radius 2 is 2.04 bits per heavy atom. The molecule has 2 heterocycles. The molecule has 0 bridgehead atoms. The van der Waals surface area contributed by atoms with Gasteiger partial charge in [-0.05, 0) is 43.7 Å². The Kier molecular flexibility index (Phi) is 5.48. The predicted molar refractivity (Wildman–Crippen MR) is 95.7 cm³/mol. The van der Waals surface area contributed by atoms with Crippen LogP contribution in [0, 0.1) is 0 Å². The van der Waals surface area contributed by atoms with Gasteiger partial charge in [0.15, 0.2) is 16.4 Å². The highest BCUT2D eigenvalue weighted by Gasteiger charge is 2.33. The molecule has 0 radical (unpaired) electrons. The molecule has 1 amide bonds. The van der Waals surface area contributed by atoms with Crippen LogP contribution in [0.1, 0.15) is 45.8 Å². The van der Waals surface area contributed by atoms with Gasteiger partial charge in [-0.1, -0.05) is 6.42 Å². The molecule has 1 aromatic rings. The topological polar surface area (TPSA) is 80.8 Å². The standard InChI is InChI=1S/C17H23NO5S2/c1-18(13-7-8-25(21,22)11-13)16(19)10-23-17(20)15-9-12-5-3-2-4-6-14(12)24-15/h9,13H,2-8,10-11H2,1H3. The minimum atomic E-state index is -3.05. The van der Waals surface area contributed by atoms with Gasteiger partial charge in [0, 0.05) is 18.0 Å². The summed E-state index contributed by atoms with van der Waals surface area (Å²) in [6.45, 7) is -0.353. The van der Waals surface area contributed by atoms with Gasteiger partial charge in [-0.3, -0.25) is 4.79 Å². The summed E-state index contributed by atoms with van der Waals surface area (Å²) in [5.41, 5.74) is 1.23. The van der Waals surface area contributed by atoms with E-state index in [1.165, 1.54) is 33.1 Å². The Bertz CT molecular complexity index is 745. The highest BCUT2D eigenvalue weighted by Crippen LogP contribution is 2.29. The van der Waals surface area contributed by atoms with Gasteiger partial charge >= 0.3 is 5.97 Å². The normalized spacial score (nSPS) is 22.0. The maximum absolute atomic E-state index is 12.2. The maximum atomic E-state index is 12.2. The van der Waals surface area contributed by atoms with Crippen molar-refractivity contribution in [2.75, 3.05) is 25.2 Å². The minimum absolute atomic E-state index is 0.0131. The molecule has 1 atom stereocenters. The first-order valence-electron chi connectivity index (χ1n) is 8.60. The summed E-state index contributed by atoms with van der Waals surface area (Å²) in [4.78, 5) is 27.6. The Hall–Kier alpha value is -1.41. The van der Waals surface area contributed by atoms with Crippen LogP contribution in [0.5, 0.6) is 0 Å². The molecule has 1 aromatic heterocycles. The van der Waals surface area contributed by atoms with Crippen molar-refractivity contribution in [1.29, 1.82) is 0 Å². The molecule has 0 spiro atoms. The number of amides is 1. The van der Waals surface area contributed by atoms with Crippen molar-refractivity contribution in [3.05, 3.63) is 21.4 Å². The smallest absolute Gasteiger partial charge is 0.348 e. The summed E-state index contributed by atoms with van der Waals surface area (Å²) in [6, 6.07) is 1.57. The van der Waals surface area contributed by atoms with Crippen molar-refractivity contribution in [3.63, 3.8) is 0 Å². The molecule has 25 heavy (non-hydrogen) atoms. The van der Waals surface area contributed by atoms with Crippen LogP contribution in [0.4, 0.5) is 0 Å². The van der Waals surface area contributed by atoms with Crippen LogP contribution in [-0.4, -0.2) is 56.4 Å². The van der Waals surface area contributed by atoms with E-state index in [2.05, 4.69) is 0 Å². The van der Waals surface area contributed by atoms with Gasteiger partial charge in [-0.2, -0.15) is 0 Å². The first kappa shape index (κ1) is 18.4. The summed E-state index contributed by atoms with van der Waals surface area (Å²) in [5, 5.41) is 0. The Balaban J connectivity index is 1.54. The summed E-state index contributed by atoms with van der Waals surface area (Å²) < 4.78 is 28.2. The van der Waals surface area contributed by atoms with Crippen LogP contribution >= 0.6 is 11.3 Å². The molecule has 2 aliphatic rings. The van der Waals surface area contributed by atoms with E-state index in [0.717, 1.165) is 25.7 Å². The molecular formula is C17H23NO5S2. The number of hydrogen-bond donors (Lipinski definition) is 0. The Morgan fingerprint density at radius 1 is 1.28 bits per heavy atom. The Morgan fingerprint density at radius 3 is 2.76 bits per heavy atom. The van der Waals surface area contributed by atoms with Crippen molar-refractivity contribution < 1.29 is 22.7 Å². The molecule has 0 aromatic carbocycles. The molecule has 1 unspecified atom stereocenters. The highest BCUT2D eigenvalue weighted by atomic mass is 32.2. The van der Waals surface area contributed by atoms with Crippen LogP contribution < -0.4 is 0 Å². The molecular weight excluding hydrogens is 362 g/mol. The van der Waals surface area contributed by atoms with E-state index < -0.39 is 15.8 Å². The number of rotatable bonds is 4. The number of esters is 1. The summed E-state index contributed by atoms with van der Waals surface area (Å²) >= 11 is 1.46. The van der Waals surface area contributed by atoms with Crippen molar-refractivity contribution >= 4 is 33.1 Å². The number of carbonyl (C=O) groups is 2. The van der Waals surface area contributed by atoms with E-state index in [4.69, 9.17) is 4.74 Å². The fourth-order valence-corrected chi connectivity index (χ4v) is 6.27. The average Bonchev–Trinajstić information content (AvgIpc) is 3.08. The van der Waals surface area contributed by atoms with Crippen LogP contribution in [0.2, 0.25) is 0 Å². The lowest BCUT2D eigenvalue weighted by molar-refractivity contribution is -0.134. The summed E-state index contributed by atoms with van der Waals surface area (Å²) in [6.07, 6.45) is 5.96. The molecule has 1 saturated heterocycles. The zero-order valence-corrected chi connectivity index (χ0v) is 16.0. The summed E-state index contributed by atoms with van der Waals surface area (Å²) in [7, 11) is -1.49. The van der Waals surface area contributed by atoms with Gasteiger partial charge in [-0.25, -0.2) is 13.2 Å². The molecule has 1 fully saturated rings. The van der Waals surface area contributed by atoms with E-state index in [0.29, 0.717) is 11.3 Å². The number of sulfone groups is 1.